The van der Waals surface area contributed by atoms with E-state index in [0.717, 1.165) is 107 Å². The fraction of sp³-hybridized carbons (Fsp3) is 0.544. The fourth-order valence-corrected chi connectivity index (χ4v) is 12.5. The number of aryl methyl sites for hydroxylation is 1. The highest BCUT2D eigenvalue weighted by Gasteiger charge is 2.40. The first-order valence-corrected chi connectivity index (χ1v) is 28.5. The maximum atomic E-state index is 14.2. The van der Waals surface area contributed by atoms with Gasteiger partial charge in [0.2, 0.25) is 29.5 Å². The average Bonchev–Trinajstić information content (AvgIpc) is 4.30. The number of benzene rings is 1. The summed E-state index contributed by atoms with van der Waals surface area (Å²) >= 11 is 1.40. The molecule has 18 nitrogen and oxygen atoms in total. The molecule has 4 aliphatic rings. The number of aromatic nitrogens is 5. The van der Waals surface area contributed by atoms with Crippen LogP contribution in [0.2, 0.25) is 0 Å². The molecule has 404 valence electrons. The third-order valence-electron chi connectivity index (χ3n) is 16.0. The number of Topliss-reactive ketones (excluding diaryl/α,β-unsaturated/α-hetero) is 1. The first kappa shape index (κ1) is 54.2. The minimum atomic E-state index is -0.581. The maximum Gasteiger partial charge on any atom is 0.263 e. The molecule has 9 rings (SSSR count). The van der Waals surface area contributed by atoms with Crippen molar-refractivity contribution in [2.24, 2.45) is 5.92 Å². The highest BCUT2D eigenvalue weighted by atomic mass is 32.1. The highest BCUT2D eigenvalue weighted by Crippen LogP contribution is 2.37. The zero-order valence-corrected chi connectivity index (χ0v) is 45.3. The Hall–Kier alpha value is -6.60. The predicted molar refractivity (Wildman–Crippen MR) is 294 cm³/mol. The van der Waals surface area contributed by atoms with E-state index in [1.165, 1.54) is 18.3 Å². The largest absolute Gasteiger partial charge is 0.494 e. The van der Waals surface area contributed by atoms with Gasteiger partial charge in [0, 0.05) is 67.7 Å². The molecule has 76 heavy (non-hydrogen) atoms. The standard InChI is InChI=1S/C57H73N11O7S/c1-36-44-34-60-57(64-52(44)68(41-19-11-12-20-41)55(73)49(36)38(3)69)62-47-25-24-42(33-59-47)65-27-29-66(30-28-65)48(70)23-10-5-6-13-31-75-43-21-14-18-40(32-43)51(71)45-35-76-54(61-45)46-22-15-26-67(46)56(74)50(39-16-8-7-9-17-39)63-53(72)37(2)58-4/h14,18,21,24-25,32-35,37,39,41,46,50,58H,5-13,15-17,19-20,22-23,26-31H2,1-4H3,(H,63,72)(H,59,60,62,64)/t37-,46-,50-/m0/s1. The van der Waals surface area contributed by atoms with Crippen LogP contribution in [0.15, 0.2) is 59.0 Å². The van der Waals surface area contributed by atoms with Gasteiger partial charge in [-0.2, -0.15) is 4.98 Å². The molecule has 5 aromatic rings. The van der Waals surface area contributed by atoms with E-state index in [9.17, 15) is 28.8 Å². The summed E-state index contributed by atoms with van der Waals surface area (Å²) in [5.41, 5.74) is 2.83. The molecular formula is C57H73N11O7S. The second-order valence-corrected chi connectivity index (χ2v) is 21.9. The number of ether oxygens (including phenoxy) is 1. The molecule has 2 aliphatic carbocycles. The quantitative estimate of drug-likeness (QED) is 0.0466. The molecule has 2 saturated carbocycles. The molecule has 6 heterocycles. The Morgan fingerprint density at radius 1 is 0.842 bits per heavy atom. The number of anilines is 3. The van der Waals surface area contributed by atoms with Crippen LogP contribution in [0.4, 0.5) is 17.5 Å². The van der Waals surface area contributed by atoms with Gasteiger partial charge in [0.05, 0.1) is 36.1 Å². The summed E-state index contributed by atoms with van der Waals surface area (Å²) in [5.74, 6) is 1.07. The highest BCUT2D eigenvalue weighted by molar-refractivity contribution is 7.10. The van der Waals surface area contributed by atoms with E-state index in [2.05, 4.69) is 30.8 Å². The van der Waals surface area contributed by atoms with Crippen LogP contribution >= 0.6 is 11.3 Å². The smallest absolute Gasteiger partial charge is 0.263 e. The van der Waals surface area contributed by atoms with Gasteiger partial charge < -0.3 is 35.4 Å². The minimum Gasteiger partial charge on any atom is -0.494 e. The van der Waals surface area contributed by atoms with Crippen molar-refractivity contribution in [1.29, 1.82) is 0 Å². The molecule has 2 aliphatic heterocycles. The molecule has 4 aromatic heterocycles. The lowest BCUT2D eigenvalue weighted by Crippen LogP contribution is -2.55. The first-order chi connectivity index (χ1) is 36.9. The Morgan fingerprint density at radius 3 is 2.34 bits per heavy atom. The molecule has 19 heteroatoms. The maximum absolute atomic E-state index is 14.2. The number of hydrogen-bond donors (Lipinski definition) is 3. The number of thiazole rings is 1. The van der Waals surface area contributed by atoms with Crippen LogP contribution in [0.3, 0.4) is 0 Å². The topological polar surface area (TPSA) is 214 Å². The number of piperazine rings is 1. The summed E-state index contributed by atoms with van der Waals surface area (Å²) < 4.78 is 7.78. The molecule has 1 aromatic carbocycles. The number of rotatable bonds is 21. The van der Waals surface area contributed by atoms with Gasteiger partial charge >= 0.3 is 0 Å². The molecule has 0 bridgehead atoms. The van der Waals surface area contributed by atoms with Gasteiger partial charge in [0.25, 0.3) is 5.56 Å². The van der Waals surface area contributed by atoms with Gasteiger partial charge in [-0.1, -0.05) is 57.1 Å². The van der Waals surface area contributed by atoms with Crippen molar-refractivity contribution in [2.45, 2.75) is 148 Å². The number of amides is 3. The lowest BCUT2D eigenvalue weighted by Gasteiger charge is -2.36. The molecule has 4 fully saturated rings. The van der Waals surface area contributed by atoms with Crippen molar-refractivity contribution in [3.63, 3.8) is 0 Å². The van der Waals surface area contributed by atoms with Crippen LogP contribution in [0, 0.1) is 12.8 Å². The number of nitrogens with one attached hydrogen (secondary N) is 3. The van der Waals surface area contributed by atoms with E-state index < -0.39 is 12.1 Å². The summed E-state index contributed by atoms with van der Waals surface area (Å²) in [6.45, 7) is 8.76. The Balaban J connectivity index is 0.689. The second-order valence-electron chi connectivity index (χ2n) is 21.0. The lowest BCUT2D eigenvalue weighted by molar-refractivity contribution is -0.139. The van der Waals surface area contributed by atoms with Crippen LogP contribution < -0.4 is 31.1 Å². The Labute approximate surface area is 448 Å². The normalized spacial score (nSPS) is 18.2. The number of fused-ring (bicyclic) bond motifs is 1. The number of likely N-dealkylation sites (tertiary alicyclic amines) is 1. The average molecular weight is 1060 g/mol. The third kappa shape index (κ3) is 12.5. The van der Waals surface area contributed by atoms with Gasteiger partial charge in [0.1, 0.15) is 34.0 Å². The fourth-order valence-electron chi connectivity index (χ4n) is 11.5. The molecule has 3 N–H and O–H groups in total. The predicted octanol–water partition coefficient (Wildman–Crippen LogP) is 8.26. The zero-order valence-electron chi connectivity index (χ0n) is 44.5. The molecule has 3 amide bonds. The van der Waals surface area contributed by atoms with Gasteiger partial charge in [-0.15, -0.1) is 11.3 Å². The van der Waals surface area contributed by atoms with Crippen LogP contribution in [-0.4, -0.2) is 122 Å². The Morgan fingerprint density at radius 2 is 1.61 bits per heavy atom. The molecular weight excluding hydrogens is 983 g/mol. The number of hydrogen-bond acceptors (Lipinski definition) is 15. The van der Waals surface area contributed by atoms with Crippen LogP contribution in [-0.2, 0) is 14.4 Å². The van der Waals surface area contributed by atoms with Gasteiger partial charge in [0.15, 0.2) is 5.78 Å². The first-order valence-electron chi connectivity index (χ1n) is 27.6. The lowest BCUT2D eigenvalue weighted by atomic mass is 9.83. The molecule has 2 saturated heterocycles. The molecule has 0 spiro atoms. The van der Waals surface area contributed by atoms with E-state index in [0.29, 0.717) is 91.1 Å². The van der Waals surface area contributed by atoms with Crippen molar-refractivity contribution < 1.29 is 28.7 Å². The van der Waals surface area contributed by atoms with Crippen molar-refractivity contribution in [2.75, 3.05) is 56.6 Å². The summed E-state index contributed by atoms with van der Waals surface area (Å²) in [4.78, 5) is 105. The Kier molecular flexibility index (Phi) is 17.9. The Bertz CT molecular complexity index is 2940. The molecule has 0 unspecified atom stereocenters. The number of ketones is 2. The van der Waals surface area contributed by atoms with Gasteiger partial charge in [-0.3, -0.25) is 33.3 Å². The summed E-state index contributed by atoms with van der Waals surface area (Å²) in [7, 11) is 1.74. The SMILES string of the molecule is CN[C@@H](C)C(=O)N[C@H](C(=O)N1CCC[C@H]1c1nc(C(=O)c2cccc(OCCCCCCC(=O)N3CCN(c4ccc(Nc5ncc6c(C)c(C(C)=O)c(=O)n(C7CCCC7)c6n5)nc4)CC3)c2)cs1)C1CCCCC1. The third-order valence-corrected chi connectivity index (χ3v) is 16.9. The van der Waals surface area contributed by atoms with E-state index in [-0.39, 0.29) is 58.4 Å². The number of nitrogens with zero attached hydrogens (tertiary/aromatic N) is 8. The van der Waals surface area contributed by atoms with Crippen LogP contribution in [0.1, 0.15) is 166 Å². The number of pyridine rings is 2. The van der Waals surface area contributed by atoms with Crippen LogP contribution in [0.25, 0.3) is 11.0 Å². The number of unbranched alkanes of at least 4 members (excludes halogenated alkanes) is 3. The van der Waals surface area contributed by atoms with E-state index in [4.69, 9.17) is 14.7 Å². The van der Waals surface area contributed by atoms with Gasteiger partial charge in [-0.25, -0.2) is 15.0 Å². The van der Waals surface area contributed by atoms with E-state index in [1.54, 1.807) is 55.4 Å². The summed E-state index contributed by atoms with van der Waals surface area (Å²) in [5, 5.41) is 12.5. The molecule has 0 radical (unpaired) electrons. The summed E-state index contributed by atoms with van der Waals surface area (Å²) in [6.07, 6.45) is 17.9. The number of carbonyl (C=O) groups is 5. The van der Waals surface area contributed by atoms with E-state index >= 15 is 0 Å². The second kappa shape index (κ2) is 25.0. The van der Waals surface area contributed by atoms with E-state index in [1.807, 2.05) is 34.1 Å². The number of likely N-dealkylation sites (N-methyl/N-ethyl adjacent to an activating group) is 1. The van der Waals surface area contributed by atoms with Crippen LogP contribution in [0.5, 0.6) is 5.75 Å². The monoisotopic (exact) mass is 1060 g/mol. The van der Waals surface area contributed by atoms with Gasteiger partial charge in [-0.05, 0) is 115 Å². The minimum absolute atomic E-state index is 0.00799. The summed E-state index contributed by atoms with van der Waals surface area (Å²) in [6, 6.07) is 9.81. The van der Waals surface area contributed by atoms with Crippen molar-refractivity contribution >= 4 is 69.1 Å². The van der Waals surface area contributed by atoms with Crippen molar-refractivity contribution in [1.82, 2.24) is 44.9 Å². The zero-order chi connectivity index (χ0) is 53.3. The van der Waals surface area contributed by atoms with Crippen molar-refractivity contribution in [3.05, 3.63) is 91.9 Å². The van der Waals surface area contributed by atoms with Crippen molar-refractivity contribution in [3.8, 4) is 5.75 Å². The molecule has 3 atom stereocenters. The number of carbonyl (C=O) groups excluding carboxylic acids is 5.